The number of benzene rings is 3. The summed E-state index contributed by atoms with van der Waals surface area (Å²) in [5, 5.41) is 7.38. The molecule has 0 aliphatic rings. The number of nitrogens with one attached hydrogen (secondary N) is 1. The van der Waals surface area contributed by atoms with Gasteiger partial charge in [-0.15, -0.1) is 17.5 Å². The number of carbonyl (C=O) groups excluding carboxylic acids is 3. The highest BCUT2D eigenvalue weighted by Gasteiger charge is 2.35. The minimum atomic E-state index is -3.64. The van der Waals surface area contributed by atoms with E-state index in [1.54, 1.807) is 63.4 Å². The van der Waals surface area contributed by atoms with Crippen LogP contribution in [-0.4, -0.2) is 66.7 Å². The number of aromatic nitrogens is 3. The summed E-state index contributed by atoms with van der Waals surface area (Å²) in [6.45, 7) is 5.95. The van der Waals surface area contributed by atoms with Gasteiger partial charge in [0.1, 0.15) is 17.1 Å². The Morgan fingerprint density at radius 3 is 2.22 bits per heavy atom. The largest absolute Gasteiger partial charge is 0.495 e. The Kier molecular flexibility index (Phi) is 12.7. The molecule has 3 aromatic carbocycles. The zero-order valence-corrected chi connectivity index (χ0v) is 31.9. The maximum absolute atomic E-state index is 13.6. The number of anilines is 3. The van der Waals surface area contributed by atoms with E-state index in [1.807, 2.05) is 12.1 Å². The van der Waals surface area contributed by atoms with Gasteiger partial charge in [-0.3, -0.25) is 4.79 Å². The van der Waals surface area contributed by atoms with Crippen LogP contribution in [0.3, 0.4) is 0 Å². The Hall–Kier alpha value is -5.58. The molecule has 2 atom stereocenters. The number of carbonyl (C=O) groups is 3. The van der Waals surface area contributed by atoms with E-state index in [2.05, 4.69) is 15.4 Å². The second-order valence-corrected chi connectivity index (χ2v) is 14.8. The minimum Gasteiger partial charge on any atom is -0.495 e. The van der Waals surface area contributed by atoms with Gasteiger partial charge in [-0.1, -0.05) is 38.1 Å². The van der Waals surface area contributed by atoms with Crippen LogP contribution in [0.2, 0.25) is 0 Å². The lowest BCUT2D eigenvalue weighted by Crippen LogP contribution is -2.50. The first-order valence-corrected chi connectivity index (χ1v) is 18.2. The molecule has 2 heterocycles. The van der Waals surface area contributed by atoms with Gasteiger partial charge in [-0.25, -0.2) is 31.8 Å². The quantitative estimate of drug-likeness (QED) is 0.108. The van der Waals surface area contributed by atoms with Crippen molar-refractivity contribution in [3.8, 4) is 16.9 Å². The van der Waals surface area contributed by atoms with Gasteiger partial charge in [-0.05, 0) is 79.4 Å². The average molecular weight is 783 g/mol. The monoisotopic (exact) mass is 782 g/mol. The third kappa shape index (κ3) is 9.13. The van der Waals surface area contributed by atoms with Crippen LogP contribution < -0.4 is 20.7 Å². The number of rotatable bonds is 12. The summed E-state index contributed by atoms with van der Waals surface area (Å²) in [7, 11) is -2.33. The third-order valence-electron chi connectivity index (χ3n) is 8.78. The van der Waals surface area contributed by atoms with Gasteiger partial charge >= 0.3 is 12.1 Å². The number of fused-ring (bicyclic) bond motifs is 1. The number of nitrogens with two attached hydrogens (primary N) is 1. The zero-order chi connectivity index (χ0) is 38.7. The van der Waals surface area contributed by atoms with Crippen molar-refractivity contribution in [2.75, 3.05) is 30.4 Å². The Bertz CT molecular complexity index is 2260. The van der Waals surface area contributed by atoms with Crippen LogP contribution in [0, 0.1) is 11.7 Å². The Morgan fingerprint density at radius 2 is 1.61 bits per heavy atom. The molecule has 0 radical (unpaired) electrons. The number of ether oxygens (including phenoxy) is 3. The number of sulfone groups is 1. The van der Waals surface area contributed by atoms with Crippen molar-refractivity contribution >= 4 is 63.2 Å². The normalized spacial score (nSPS) is 13.0. The first kappa shape index (κ1) is 41.2. The molecule has 0 fully saturated rings. The van der Waals surface area contributed by atoms with Crippen LogP contribution >= 0.6 is 12.4 Å². The Labute approximate surface area is 317 Å². The molecule has 17 heteroatoms. The van der Waals surface area contributed by atoms with Crippen molar-refractivity contribution in [3.63, 3.8) is 0 Å². The maximum Gasteiger partial charge on any atom is 0.424 e. The first-order chi connectivity index (χ1) is 25.0. The molecule has 3 N–H and O–H groups in total. The fraction of sp³-hybridized carbons (Fsp3) is 0.270. The zero-order valence-electron chi connectivity index (χ0n) is 30.3. The van der Waals surface area contributed by atoms with Crippen molar-refractivity contribution in [3.05, 3.63) is 96.4 Å². The first-order valence-electron chi connectivity index (χ1n) is 16.3. The van der Waals surface area contributed by atoms with E-state index >= 15 is 0 Å². The van der Waals surface area contributed by atoms with Gasteiger partial charge in [0, 0.05) is 29.8 Å². The summed E-state index contributed by atoms with van der Waals surface area (Å²) in [4.78, 5) is 44.4. The predicted molar refractivity (Wildman–Crippen MR) is 202 cm³/mol. The van der Waals surface area contributed by atoms with Gasteiger partial charge in [-0.2, -0.15) is 4.98 Å². The molecular weight excluding hydrogens is 743 g/mol. The van der Waals surface area contributed by atoms with E-state index in [0.29, 0.717) is 16.9 Å². The van der Waals surface area contributed by atoms with Gasteiger partial charge in [0.15, 0.2) is 15.5 Å². The van der Waals surface area contributed by atoms with Crippen LogP contribution in [0.5, 0.6) is 5.75 Å². The number of halogens is 2. The van der Waals surface area contributed by atoms with Crippen LogP contribution in [0.1, 0.15) is 39.2 Å². The van der Waals surface area contributed by atoms with Crippen molar-refractivity contribution < 1.29 is 41.4 Å². The van der Waals surface area contributed by atoms with Crippen molar-refractivity contribution in [2.24, 2.45) is 11.7 Å². The number of hydrogen-bond acceptors (Lipinski definition) is 11. The predicted octanol–water partition coefficient (Wildman–Crippen LogP) is 6.26. The summed E-state index contributed by atoms with van der Waals surface area (Å²) >= 11 is 0. The Morgan fingerprint density at radius 1 is 0.963 bits per heavy atom. The van der Waals surface area contributed by atoms with E-state index in [9.17, 15) is 27.2 Å². The van der Waals surface area contributed by atoms with E-state index in [0.717, 1.165) is 22.3 Å². The molecule has 5 rings (SSSR count). The topological polar surface area (TPSA) is 185 Å². The highest BCUT2D eigenvalue weighted by molar-refractivity contribution is 7.90. The number of nitrogens with zero attached hydrogens (tertiary/aromatic N) is 4. The molecule has 0 aliphatic heterocycles. The molecule has 5 aromatic rings. The molecule has 2 amide bonds. The molecule has 0 aliphatic carbocycles. The standard InChI is InChI=1S/C37H39FN6O8S.ClH/c1-22(2)37(4,39)34(46)51-21-52-36(47)44(30-17-16-29(53(6,48)49)19-31(30)50-5)35-41-32-18-11-26(20-43(32)42-35)25-9-14-28(15-10-25)40-33(45)23(3)24-7-12-27(38)13-8-24;/h7-20,22-23H,21,39H2,1-6H3,(H,40,45);1H/t23-,37+;/m1./s1. The summed E-state index contributed by atoms with van der Waals surface area (Å²) in [5.74, 6) is -2.36. The van der Waals surface area contributed by atoms with Crippen LogP contribution in [0.15, 0.2) is 90.0 Å². The van der Waals surface area contributed by atoms with E-state index in [4.69, 9.17) is 19.9 Å². The molecule has 0 unspecified atom stereocenters. The third-order valence-corrected chi connectivity index (χ3v) is 9.89. The van der Waals surface area contributed by atoms with E-state index in [-0.39, 0.29) is 52.3 Å². The van der Waals surface area contributed by atoms with Gasteiger partial charge in [0.2, 0.25) is 12.7 Å². The summed E-state index contributed by atoms with van der Waals surface area (Å²) in [6, 6.07) is 20.2. The SMILES string of the molecule is COc1cc(S(C)(=O)=O)ccc1N(C(=O)OCOC(=O)[C@@](C)(N)C(C)C)c1nc2ccc(-c3ccc(NC(=O)[C@H](C)c4ccc(F)cc4)cc3)cn2n1.Cl. The summed E-state index contributed by atoms with van der Waals surface area (Å²) in [6.07, 6.45) is 1.65. The smallest absolute Gasteiger partial charge is 0.424 e. The molecule has 0 bridgehead atoms. The number of hydrogen-bond donors (Lipinski definition) is 2. The number of pyridine rings is 1. The molecule has 54 heavy (non-hydrogen) atoms. The van der Waals surface area contributed by atoms with Crippen LogP contribution in [-0.2, 0) is 28.9 Å². The lowest BCUT2D eigenvalue weighted by Gasteiger charge is -2.26. The highest BCUT2D eigenvalue weighted by Crippen LogP contribution is 2.35. The van der Waals surface area contributed by atoms with Crippen LogP contribution in [0.25, 0.3) is 16.8 Å². The lowest BCUT2D eigenvalue weighted by molar-refractivity contribution is -0.159. The van der Waals surface area contributed by atoms with Gasteiger partial charge in [0.05, 0.1) is 23.6 Å². The van der Waals surface area contributed by atoms with E-state index in [1.165, 1.54) is 48.9 Å². The summed E-state index contributed by atoms with van der Waals surface area (Å²) < 4.78 is 55.2. The fourth-order valence-electron chi connectivity index (χ4n) is 4.99. The van der Waals surface area contributed by atoms with Gasteiger partial charge in [0.25, 0.3) is 5.95 Å². The molecular formula is C37H40ClFN6O8S. The highest BCUT2D eigenvalue weighted by atomic mass is 35.5. The minimum absolute atomic E-state index is 0. The van der Waals surface area contributed by atoms with E-state index < -0.39 is 40.1 Å². The van der Waals surface area contributed by atoms with Crippen molar-refractivity contribution in [1.29, 1.82) is 0 Å². The summed E-state index contributed by atoms with van der Waals surface area (Å²) in [5.41, 5.74) is 7.86. The molecule has 0 saturated heterocycles. The van der Waals surface area contributed by atoms with Crippen molar-refractivity contribution in [1.82, 2.24) is 14.6 Å². The molecule has 286 valence electrons. The molecule has 2 aromatic heterocycles. The second-order valence-electron chi connectivity index (χ2n) is 12.8. The number of esters is 1. The molecule has 0 spiro atoms. The molecule has 14 nitrogen and oxygen atoms in total. The second kappa shape index (κ2) is 16.6. The average Bonchev–Trinajstić information content (AvgIpc) is 3.54. The molecule has 0 saturated carbocycles. The number of methoxy groups -OCH3 is 1. The van der Waals surface area contributed by atoms with Crippen LogP contribution in [0.4, 0.5) is 26.5 Å². The Balaban J connectivity index is 0.00000650. The van der Waals surface area contributed by atoms with Crippen molar-refractivity contribution in [2.45, 2.75) is 44.0 Å². The maximum atomic E-state index is 13.6. The number of amides is 2. The fourth-order valence-corrected chi connectivity index (χ4v) is 5.62. The van der Waals surface area contributed by atoms with Gasteiger partial charge < -0.3 is 25.3 Å². The lowest BCUT2D eigenvalue weighted by atomic mass is 9.90.